The highest BCUT2D eigenvalue weighted by atomic mass is 19.1. The molecule has 4 rings (SSSR count). The molecule has 0 fully saturated rings. The van der Waals surface area contributed by atoms with E-state index in [1.165, 1.54) is 12.1 Å². The molecule has 6 heteroatoms. The predicted molar refractivity (Wildman–Crippen MR) is 110 cm³/mol. The van der Waals surface area contributed by atoms with E-state index in [1.54, 1.807) is 55.5 Å². The fourth-order valence-corrected chi connectivity index (χ4v) is 3.87. The zero-order chi connectivity index (χ0) is 21.3. The van der Waals surface area contributed by atoms with E-state index < -0.39 is 6.04 Å². The van der Waals surface area contributed by atoms with Crippen LogP contribution in [-0.2, 0) is 11.2 Å². The molecule has 0 aliphatic carbocycles. The van der Waals surface area contributed by atoms with E-state index in [-0.39, 0.29) is 18.1 Å². The lowest BCUT2D eigenvalue weighted by atomic mass is 9.86. The van der Waals surface area contributed by atoms with Gasteiger partial charge in [-0.05, 0) is 59.2 Å². The van der Waals surface area contributed by atoms with Crippen molar-refractivity contribution in [3.05, 3.63) is 88.7 Å². The molecular weight excluding hydrogens is 383 g/mol. The van der Waals surface area contributed by atoms with Gasteiger partial charge >= 0.3 is 0 Å². The molecule has 1 heterocycles. The molecule has 150 valence electrons. The number of hydrogen-bond acceptors (Lipinski definition) is 4. The van der Waals surface area contributed by atoms with Gasteiger partial charge < -0.3 is 14.4 Å². The number of fused-ring (bicyclic) bond motifs is 1. The number of hydrogen-bond donors (Lipinski definition) is 0. The maximum Gasteiger partial charge on any atom is 0.232 e. The molecule has 3 aromatic rings. The summed E-state index contributed by atoms with van der Waals surface area (Å²) < 4.78 is 24.5. The number of rotatable bonds is 4. The SMILES string of the molecule is COc1cc2c(cc1OC)[C@H](c1ccc(F)cc1)N(c1cccc(C#N)c1)C(=O)C2. The molecule has 30 heavy (non-hydrogen) atoms. The Morgan fingerprint density at radius 2 is 1.73 bits per heavy atom. The molecule has 0 N–H and O–H groups in total. The first-order chi connectivity index (χ1) is 14.5. The molecule has 1 atom stereocenters. The second-order valence-electron chi connectivity index (χ2n) is 6.96. The number of benzene rings is 3. The summed E-state index contributed by atoms with van der Waals surface area (Å²) >= 11 is 0. The van der Waals surface area contributed by atoms with Crippen LogP contribution >= 0.6 is 0 Å². The third kappa shape index (κ3) is 3.35. The van der Waals surface area contributed by atoms with Crippen LogP contribution in [-0.4, -0.2) is 20.1 Å². The van der Waals surface area contributed by atoms with Crippen molar-refractivity contribution < 1.29 is 18.7 Å². The highest BCUT2D eigenvalue weighted by Gasteiger charge is 2.36. The minimum Gasteiger partial charge on any atom is -0.493 e. The van der Waals surface area contributed by atoms with Gasteiger partial charge in [0.15, 0.2) is 11.5 Å². The number of nitriles is 1. The van der Waals surface area contributed by atoms with Crippen molar-refractivity contribution in [2.45, 2.75) is 12.5 Å². The molecule has 0 unspecified atom stereocenters. The molecule has 0 aromatic heterocycles. The van der Waals surface area contributed by atoms with Gasteiger partial charge in [-0.25, -0.2) is 4.39 Å². The van der Waals surface area contributed by atoms with Gasteiger partial charge in [0.05, 0.1) is 38.3 Å². The zero-order valence-corrected chi connectivity index (χ0v) is 16.6. The third-order valence-corrected chi connectivity index (χ3v) is 5.25. The van der Waals surface area contributed by atoms with Crippen LogP contribution in [0.1, 0.15) is 28.3 Å². The Hall–Kier alpha value is -3.85. The predicted octanol–water partition coefficient (Wildman–Crippen LogP) is 4.39. The van der Waals surface area contributed by atoms with Gasteiger partial charge in [0.2, 0.25) is 5.91 Å². The van der Waals surface area contributed by atoms with Crippen LogP contribution in [0.25, 0.3) is 0 Å². The molecule has 1 aliphatic heterocycles. The number of carbonyl (C=O) groups excluding carboxylic acids is 1. The highest BCUT2D eigenvalue weighted by Crippen LogP contribution is 2.43. The van der Waals surface area contributed by atoms with E-state index in [4.69, 9.17) is 9.47 Å². The Balaban J connectivity index is 1.95. The average molecular weight is 402 g/mol. The lowest BCUT2D eigenvalue weighted by Gasteiger charge is -2.38. The van der Waals surface area contributed by atoms with Gasteiger partial charge in [-0.2, -0.15) is 5.26 Å². The fourth-order valence-electron chi connectivity index (χ4n) is 3.87. The second kappa shape index (κ2) is 7.88. The van der Waals surface area contributed by atoms with Crippen molar-refractivity contribution in [1.82, 2.24) is 0 Å². The molecule has 0 spiro atoms. The quantitative estimate of drug-likeness (QED) is 0.649. The van der Waals surface area contributed by atoms with E-state index in [2.05, 4.69) is 6.07 Å². The number of ether oxygens (including phenoxy) is 2. The third-order valence-electron chi connectivity index (χ3n) is 5.25. The molecule has 0 bridgehead atoms. The van der Waals surface area contributed by atoms with Gasteiger partial charge in [-0.1, -0.05) is 18.2 Å². The second-order valence-corrected chi connectivity index (χ2v) is 6.96. The molecule has 0 saturated heterocycles. The molecule has 5 nitrogen and oxygen atoms in total. The topological polar surface area (TPSA) is 62.6 Å². The summed E-state index contributed by atoms with van der Waals surface area (Å²) in [6.07, 6.45) is 0.171. The van der Waals surface area contributed by atoms with Gasteiger partial charge in [0, 0.05) is 5.69 Å². The Kier molecular flexibility index (Phi) is 5.11. The summed E-state index contributed by atoms with van der Waals surface area (Å²) in [5, 5.41) is 9.30. The number of anilines is 1. The minimum atomic E-state index is -0.504. The Morgan fingerprint density at radius 1 is 1.03 bits per heavy atom. The summed E-state index contributed by atoms with van der Waals surface area (Å²) in [5.41, 5.74) is 3.49. The number of halogens is 1. The van der Waals surface area contributed by atoms with Crippen LogP contribution in [0, 0.1) is 17.1 Å². The molecular formula is C24H19FN2O3. The molecule has 0 saturated carbocycles. The van der Waals surface area contributed by atoms with Crippen LogP contribution < -0.4 is 14.4 Å². The summed E-state index contributed by atoms with van der Waals surface area (Å²) in [5.74, 6) is 0.607. The van der Waals surface area contributed by atoms with Crippen LogP contribution in [0.5, 0.6) is 11.5 Å². The monoisotopic (exact) mass is 402 g/mol. The zero-order valence-electron chi connectivity index (χ0n) is 16.6. The first kappa shape index (κ1) is 19.5. The first-order valence-corrected chi connectivity index (χ1v) is 9.38. The summed E-state index contributed by atoms with van der Waals surface area (Å²) in [7, 11) is 3.10. The van der Waals surface area contributed by atoms with Gasteiger partial charge in [-0.15, -0.1) is 0 Å². The van der Waals surface area contributed by atoms with Crippen molar-refractivity contribution in [3.63, 3.8) is 0 Å². The smallest absolute Gasteiger partial charge is 0.232 e. The van der Waals surface area contributed by atoms with E-state index in [0.717, 1.165) is 16.7 Å². The summed E-state index contributed by atoms with van der Waals surface area (Å²) in [4.78, 5) is 14.9. The molecule has 1 aliphatic rings. The largest absolute Gasteiger partial charge is 0.493 e. The summed E-state index contributed by atoms with van der Waals surface area (Å²) in [6, 6.07) is 18.3. The van der Waals surface area contributed by atoms with Crippen molar-refractivity contribution in [2.24, 2.45) is 0 Å². The van der Waals surface area contributed by atoms with Crippen molar-refractivity contribution in [3.8, 4) is 17.6 Å². The van der Waals surface area contributed by atoms with Gasteiger partial charge in [0.25, 0.3) is 0 Å². The average Bonchev–Trinajstić information content (AvgIpc) is 2.78. The van der Waals surface area contributed by atoms with Crippen LogP contribution in [0.2, 0.25) is 0 Å². The number of carbonyl (C=O) groups is 1. The molecule has 3 aromatic carbocycles. The maximum atomic E-state index is 13.6. The molecule has 0 radical (unpaired) electrons. The van der Waals surface area contributed by atoms with Crippen LogP contribution in [0.15, 0.2) is 60.7 Å². The van der Waals surface area contributed by atoms with Crippen LogP contribution in [0.4, 0.5) is 10.1 Å². The molecule has 1 amide bonds. The Labute approximate surface area is 173 Å². The standard InChI is InChI=1S/C24H19FN2O3/c1-29-21-11-17-12-23(28)27(19-5-3-4-15(10-19)14-26)24(20(17)13-22(21)30-2)16-6-8-18(25)9-7-16/h3-11,13,24H,12H2,1-2H3/t24-/m0/s1. The lowest BCUT2D eigenvalue weighted by Crippen LogP contribution is -2.41. The van der Waals surface area contributed by atoms with E-state index in [0.29, 0.717) is 22.7 Å². The Bertz CT molecular complexity index is 1150. The summed E-state index contributed by atoms with van der Waals surface area (Å²) in [6.45, 7) is 0. The van der Waals surface area contributed by atoms with E-state index in [9.17, 15) is 14.4 Å². The minimum absolute atomic E-state index is 0.126. The normalized spacial score (nSPS) is 15.3. The number of amides is 1. The van der Waals surface area contributed by atoms with Crippen LogP contribution in [0.3, 0.4) is 0 Å². The van der Waals surface area contributed by atoms with Gasteiger partial charge in [-0.3, -0.25) is 4.79 Å². The van der Waals surface area contributed by atoms with E-state index >= 15 is 0 Å². The number of methoxy groups -OCH3 is 2. The first-order valence-electron chi connectivity index (χ1n) is 9.38. The highest BCUT2D eigenvalue weighted by molar-refractivity contribution is 5.98. The van der Waals surface area contributed by atoms with Crippen molar-refractivity contribution in [1.29, 1.82) is 5.26 Å². The van der Waals surface area contributed by atoms with Gasteiger partial charge in [0.1, 0.15) is 5.82 Å². The maximum absolute atomic E-state index is 13.6. The number of nitrogens with zero attached hydrogens (tertiary/aromatic N) is 2. The lowest BCUT2D eigenvalue weighted by molar-refractivity contribution is -0.118. The Morgan fingerprint density at radius 3 is 2.40 bits per heavy atom. The van der Waals surface area contributed by atoms with E-state index in [1.807, 2.05) is 12.1 Å². The fraction of sp³-hybridized carbons (Fsp3) is 0.167. The van der Waals surface area contributed by atoms with Crippen molar-refractivity contribution in [2.75, 3.05) is 19.1 Å². The van der Waals surface area contributed by atoms with Crippen molar-refractivity contribution >= 4 is 11.6 Å².